The molecular formula is C14H18FN3O5S. The van der Waals surface area contributed by atoms with Crippen molar-refractivity contribution in [2.75, 3.05) is 43.7 Å². The summed E-state index contributed by atoms with van der Waals surface area (Å²) in [5.74, 6) is -2.16. The molecule has 132 valence electrons. The van der Waals surface area contributed by atoms with Gasteiger partial charge in [0, 0.05) is 19.6 Å². The number of halogens is 1. The average molecular weight is 359 g/mol. The molecule has 2 N–H and O–H groups in total. The molecule has 0 bridgehead atoms. The van der Waals surface area contributed by atoms with E-state index in [1.807, 2.05) is 0 Å². The Morgan fingerprint density at radius 2 is 2.00 bits per heavy atom. The first-order valence-corrected chi connectivity index (χ1v) is 8.95. The molecule has 2 aliphatic heterocycles. The summed E-state index contributed by atoms with van der Waals surface area (Å²) < 4.78 is 45.5. The monoisotopic (exact) mass is 359 g/mol. The van der Waals surface area contributed by atoms with Gasteiger partial charge in [-0.2, -0.15) is 8.42 Å². The zero-order valence-electron chi connectivity index (χ0n) is 12.9. The van der Waals surface area contributed by atoms with E-state index in [1.54, 1.807) is 4.72 Å². The molecule has 2 saturated heterocycles. The van der Waals surface area contributed by atoms with Crippen LogP contribution in [0.2, 0.25) is 0 Å². The number of hydrogen-bond donors (Lipinski definition) is 2. The first-order chi connectivity index (χ1) is 11.4. The molecule has 1 aromatic rings. The van der Waals surface area contributed by atoms with E-state index in [4.69, 9.17) is 4.74 Å². The summed E-state index contributed by atoms with van der Waals surface area (Å²) in [7, 11) is -4.16. The topological polar surface area (TPSA) is 99.2 Å². The predicted molar refractivity (Wildman–Crippen MR) is 83.4 cm³/mol. The Hall–Kier alpha value is -1.91. The van der Waals surface area contributed by atoms with Gasteiger partial charge >= 0.3 is 10.2 Å². The Morgan fingerprint density at radius 1 is 1.29 bits per heavy atom. The van der Waals surface area contributed by atoms with Crippen molar-refractivity contribution in [3.63, 3.8) is 0 Å². The summed E-state index contributed by atoms with van der Waals surface area (Å²) in [6.07, 6.45) is 0.509. The predicted octanol–water partition coefficient (Wildman–Crippen LogP) is -0.413. The maximum absolute atomic E-state index is 14.4. The normalized spacial score (nSPS) is 21.0. The number of benzene rings is 1. The van der Waals surface area contributed by atoms with Crippen molar-refractivity contribution in [3.05, 3.63) is 23.5 Å². The van der Waals surface area contributed by atoms with E-state index in [9.17, 15) is 22.7 Å². The van der Waals surface area contributed by atoms with Crippen LogP contribution in [-0.2, 0) is 26.2 Å². The van der Waals surface area contributed by atoms with Crippen LogP contribution < -0.4 is 9.03 Å². The number of phenolic OH excluding ortho intramolecular Hbond substituents is 1. The number of ether oxygens (including phenoxy) is 1. The fourth-order valence-electron chi connectivity index (χ4n) is 2.79. The number of carbonyl (C=O) groups is 1. The van der Waals surface area contributed by atoms with Crippen molar-refractivity contribution in [2.24, 2.45) is 0 Å². The third-order valence-corrected chi connectivity index (χ3v) is 5.37. The van der Waals surface area contributed by atoms with Gasteiger partial charge in [-0.1, -0.05) is 0 Å². The number of amides is 1. The summed E-state index contributed by atoms with van der Waals surface area (Å²) >= 11 is 0. The SMILES string of the molecule is O=C1CN(c2c(O)cc(CCN3CCOCC3)cc2F)S(=O)(=O)N1. The number of carbonyl (C=O) groups excluding carboxylic acids is 1. The zero-order valence-corrected chi connectivity index (χ0v) is 13.7. The van der Waals surface area contributed by atoms with Gasteiger partial charge in [0.05, 0.1) is 13.2 Å². The number of anilines is 1. The van der Waals surface area contributed by atoms with Crippen LogP contribution >= 0.6 is 0 Å². The molecule has 0 radical (unpaired) electrons. The van der Waals surface area contributed by atoms with Gasteiger partial charge in [-0.25, -0.2) is 13.4 Å². The second-order valence-electron chi connectivity index (χ2n) is 5.69. The molecule has 0 unspecified atom stereocenters. The first kappa shape index (κ1) is 16.9. The lowest BCUT2D eigenvalue weighted by molar-refractivity contribution is -0.117. The van der Waals surface area contributed by atoms with Crippen LogP contribution in [0.25, 0.3) is 0 Å². The van der Waals surface area contributed by atoms with Gasteiger partial charge in [0.1, 0.15) is 18.0 Å². The maximum atomic E-state index is 14.4. The highest BCUT2D eigenvalue weighted by Crippen LogP contribution is 2.34. The third-order valence-electron chi connectivity index (χ3n) is 3.99. The highest BCUT2D eigenvalue weighted by atomic mass is 32.2. The third kappa shape index (κ3) is 3.45. The van der Waals surface area contributed by atoms with E-state index in [-0.39, 0.29) is 0 Å². The number of nitrogens with one attached hydrogen (secondary N) is 1. The van der Waals surface area contributed by atoms with Crippen molar-refractivity contribution < 1.29 is 27.4 Å². The first-order valence-electron chi connectivity index (χ1n) is 7.51. The fraction of sp³-hybridized carbons (Fsp3) is 0.500. The Balaban J connectivity index is 1.77. The van der Waals surface area contributed by atoms with Crippen LogP contribution in [0.4, 0.5) is 10.1 Å². The molecular weight excluding hydrogens is 341 g/mol. The standard InChI is InChI=1S/C14H18FN3O5S/c15-11-7-10(1-2-17-3-5-23-6-4-17)8-12(19)14(11)18-9-13(20)16-24(18,21)22/h7-8,19H,1-6,9H2,(H,16,20). The summed E-state index contributed by atoms with van der Waals surface area (Å²) in [5, 5.41) is 10.1. The van der Waals surface area contributed by atoms with Gasteiger partial charge in [-0.15, -0.1) is 0 Å². The number of rotatable bonds is 4. The molecule has 0 atom stereocenters. The molecule has 1 amide bonds. The van der Waals surface area contributed by atoms with Crippen LogP contribution in [0.15, 0.2) is 12.1 Å². The van der Waals surface area contributed by atoms with Crippen molar-refractivity contribution in [1.82, 2.24) is 9.62 Å². The van der Waals surface area contributed by atoms with Gasteiger partial charge in [0.25, 0.3) is 5.91 Å². The second-order valence-corrected chi connectivity index (χ2v) is 7.28. The number of phenols is 1. The Labute approximate surface area is 139 Å². The number of morpholine rings is 1. The van der Waals surface area contributed by atoms with Gasteiger partial charge in [-0.05, 0) is 24.1 Å². The molecule has 2 aliphatic rings. The van der Waals surface area contributed by atoms with Crippen molar-refractivity contribution in [2.45, 2.75) is 6.42 Å². The van der Waals surface area contributed by atoms with E-state index < -0.39 is 39.9 Å². The summed E-state index contributed by atoms with van der Waals surface area (Å²) in [6, 6.07) is 2.52. The fourth-order valence-corrected chi connectivity index (χ4v) is 3.96. The molecule has 0 aromatic heterocycles. The zero-order chi connectivity index (χ0) is 17.3. The molecule has 24 heavy (non-hydrogen) atoms. The lowest BCUT2D eigenvalue weighted by Crippen LogP contribution is -2.37. The van der Waals surface area contributed by atoms with E-state index in [1.165, 1.54) is 12.1 Å². The Bertz CT molecular complexity index is 726. The van der Waals surface area contributed by atoms with Crippen LogP contribution in [-0.4, -0.2) is 63.7 Å². The minimum atomic E-state index is -4.16. The quantitative estimate of drug-likeness (QED) is 0.758. The van der Waals surface area contributed by atoms with Gasteiger partial charge in [0.2, 0.25) is 0 Å². The summed E-state index contributed by atoms with van der Waals surface area (Å²) in [5.41, 5.74) is 0.0413. The molecule has 8 nitrogen and oxygen atoms in total. The van der Waals surface area contributed by atoms with Crippen LogP contribution in [0.5, 0.6) is 5.75 Å². The molecule has 3 rings (SSSR count). The summed E-state index contributed by atoms with van der Waals surface area (Å²) in [4.78, 5) is 13.4. The van der Waals surface area contributed by atoms with E-state index in [0.29, 0.717) is 36.0 Å². The van der Waals surface area contributed by atoms with Crippen LogP contribution in [0.1, 0.15) is 5.56 Å². The number of aromatic hydroxyl groups is 1. The maximum Gasteiger partial charge on any atom is 0.326 e. The molecule has 0 saturated carbocycles. The van der Waals surface area contributed by atoms with Gasteiger partial charge in [-0.3, -0.25) is 9.69 Å². The van der Waals surface area contributed by atoms with Gasteiger partial charge < -0.3 is 9.84 Å². The lowest BCUT2D eigenvalue weighted by atomic mass is 10.1. The number of hydrogen-bond acceptors (Lipinski definition) is 6. The molecule has 10 heteroatoms. The van der Waals surface area contributed by atoms with Crippen molar-refractivity contribution in [1.29, 1.82) is 0 Å². The molecule has 1 aromatic carbocycles. The second kappa shape index (κ2) is 6.54. The average Bonchev–Trinajstić information content (AvgIpc) is 2.78. The summed E-state index contributed by atoms with van der Waals surface area (Å²) in [6.45, 7) is 3.04. The molecule has 0 aliphatic carbocycles. The highest BCUT2D eigenvalue weighted by Gasteiger charge is 2.37. The minimum Gasteiger partial charge on any atom is -0.506 e. The Morgan fingerprint density at radius 3 is 2.58 bits per heavy atom. The largest absolute Gasteiger partial charge is 0.506 e. The smallest absolute Gasteiger partial charge is 0.326 e. The molecule has 2 fully saturated rings. The Kier molecular flexibility index (Phi) is 4.61. The van der Waals surface area contributed by atoms with E-state index in [0.717, 1.165) is 13.1 Å². The van der Waals surface area contributed by atoms with Crippen LogP contribution in [0.3, 0.4) is 0 Å². The van der Waals surface area contributed by atoms with Crippen LogP contribution in [0, 0.1) is 5.82 Å². The van der Waals surface area contributed by atoms with Crippen molar-refractivity contribution in [3.8, 4) is 5.75 Å². The molecule has 0 spiro atoms. The highest BCUT2D eigenvalue weighted by molar-refractivity contribution is 7.92. The molecule has 2 heterocycles. The van der Waals surface area contributed by atoms with Crippen molar-refractivity contribution >= 4 is 21.8 Å². The van der Waals surface area contributed by atoms with Gasteiger partial charge in [0.15, 0.2) is 5.82 Å². The van der Waals surface area contributed by atoms with E-state index in [2.05, 4.69) is 4.90 Å². The minimum absolute atomic E-state index is 0.507. The number of nitrogens with zero attached hydrogens (tertiary/aromatic N) is 2. The lowest BCUT2D eigenvalue weighted by Gasteiger charge is -2.26. The van der Waals surface area contributed by atoms with E-state index >= 15 is 0 Å².